The lowest BCUT2D eigenvalue weighted by molar-refractivity contribution is -0.0196. The highest BCUT2D eigenvalue weighted by Gasteiger charge is 2.46. The van der Waals surface area contributed by atoms with Crippen LogP contribution in [0.4, 0.5) is 0 Å². The fraction of sp³-hybridized carbons (Fsp3) is 0.250. The fourth-order valence-electron chi connectivity index (χ4n) is 5.07. The Balaban J connectivity index is 1.68. The van der Waals surface area contributed by atoms with Gasteiger partial charge in [0.1, 0.15) is 12.2 Å². The number of benzene rings is 2. The third kappa shape index (κ3) is 3.28. The minimum Gasteiger partial charge on any atom is -0.474 e. The number of carbonyl (C=O) groups excluding carboxylic acids is 1. The van der Waals surface area contributed by atoms with E-state index < -0.39 is 0 Å². The van der Waals surface area contributed by atoms with Crippen LogP contribution >= 0.6 is 32.8 Å². The molecule has 174 valence electrons. The zero-order valence-electron chi connectivity index (χ0n) is 18.0. The Morgan fingerprint density at radius 2 is 1.97 bits per heavy atom. The summed E-state index contributed by atoms with van der Waals surface area (Å²) in [6.45, 7) is 1.18. The number of morpholine rings is 1. The summed E-state index contributed by atoms with van der Waals surface area (Å²) < 4.78 is 13.0. The van der Waals surface area contributed by atoms with Crippen LogP contribution in [-0.4, -0.2) is 41.4 Å². The molecule has 34 heavy (non-hydrogen) atoms. The average molecular weight is 514 g/mol. The van der Waals surface area contributed by atoms with Crippen LogP contribution < -0.4 is 15.0 Å². The molecule has 2 aromatic carbocycles. The van der Waals surface area contributed by atoms with E-state index in [0.29, 0.717) is 24.8 Å². The first-order valence-corrected chi connectivity index (χ1v) is 12.7. The zero-order valence-corrected chi connectivity index (χ0v) is 20.7. The maximum Gasteiger partial charge on any atom is 0.278 e. The summed E-state index contributed by atoms with van der Waals surface area (Å²) in [6.07, 6.45) is 1.25. The van der Waals surface area contributed by atoms with Crippen molar-refractivity contribution in [3.63, 3.8) is 0 Å². The molecular formula is C24H21ClN3O4PS. The first kappa shape index (κ1) is 22.0. The van der Waals surface area contributed by atoms with Crippen molar-refractivity contribution in [2.24, 2.45) is 0 Å². The number of thioether (sulfide) groups is 1. The molecule has 6 rings (SSSR count). The van der Waals surface area contributed by atoms with Crippen molar-refractivity contribution in [3.8, 4) is 5.75 Å². The second-order valence-electron chi connectivity index (χ2n) is 8.30. The molecule has 1 saturated heterocycles. The highest BCUT2D eigenvalue weighted by Crippen LogP contribution is 2.46. The number of hydrogen-bond acceptors (Lipinski definition) is 6. The Morgan fingerprint density at radius 3 is 2.82 bits per heavy atom. The third-order valence-corrected chi connectivity index (χ3v) is 8.26. The van der Waals surface area contributed by atoms with Crippen LogP contribution in [0.2, 0.25) is 5.02 Å². The molecule has 3 aromatic rings. The third-order valence-electron chi connectivity index (χ3n) is 6.55. The van der Waals surface area contributed by atoms with Crippen molar-refractivity contribution < 1.29 is 14.1 Å². The van der Waals surface area contributed by atoms with Gasteiger partial charge in [-0.1, -0.05) is 41.9 Å². The number of pyridine rings is 1. The maximum absolute atomic E-state index is 13.6. The Hall–Kier alpha value is -2.51. The second kappa shape index (κ2) is 8.61. The summed E-state index contributed by atoms with van der Waals surface area (Å²) in [5.74, 6) is 0.524. The second-order valence-corrected chi connectivity index (χ2v) is 9.96. The van der Waals surface area contributed by atoms with Crippen LogP contribution in [0.15, 0.2) is 64.4 Å². The lowest BCUT2D eigenvalue weighted by Gasteiger charge is -2.51. The average Bonchev–Trinajstić information content (AvgIpc) is 3.03. The number of hydrogen-bond donors (Lipinski definition) is 0. The molecule has 0 bridgehead atoms. The Labute approximate surface area is 207 Å². The van der Waals surface area contributed by atoms with E-state index in [9.17, 15) is 9.59 Å². The van der Waals surface area contributed by atoms with Crippen LogP contribution in [0.3, 0.4) is 0 Å². The van der Waals surface area contributed by atoms with Crippen LogP contribution in [0.1, 0.15) is 33.2 Å². The van der Waals surface area contributed by atoms with Gasteiger partial charge in [-0.3, -0.25) is 19.3 Å². The molecule has 0 radical (unpaired) electrons. The molecule has 3 aliphatic heterocycles. The molecule has 7 nitrogen and oxygen atoms in total. The number of halogens is 1. The lowest BCUT2D eigenvalue weighted by atomic mass is 9.93. The van der Waals surface area contributed by atoms with Gasteiger partial charge in [-0.05, 0) is 23.3 Å². The monoisotopic (exact) mass is 513 g/mol. The minimum atomic E-state index is -0.390. The molecule has 0 aliphatic carbocycles. The molecular weight excluding hydrogens is 493 g/mol. The van der Waals surface area contributed by atoms with E-state index in [0.717, 1.165) is 27.3 Å². The smallest absolute Gasteiger partial charge is 0.278 e. The summed E-state index contributed by atoms with van der Waals surface area (Å²) in [4.78, 5) is 29.1. The Bertz CT molecular complexity index is 1370. The van der Waals surface area contributed by atoms with Crippen LogP contribution in [0.25, 0.3) is 0 Å². The van der Waals surface area contributed by atoms with Gasteiger partial charge >= 0.3 is 0 Å². The summed E-state index contributed by atoms with van der Waals surface area (Å²) >= 11 is 8.64. The van der Waals surface area contributed by atoms with Crippen molar-refractivity contribution >= 4 is 38.7 Å². The molecule has 1 amide bonds. The van der Waals surface area contributed by atoms with Crippen molar-refractivity contribution in [1.82, 2.24) is 9.58 Å². The number of fused-ring (bicyclic) bond motifs is 4. The van der Waals surface area contributed by atoms with Crippen LogP contribution in [0.5, 0.6) is 5.75 Å². The van der Waals surface area contributed by atoms with E-state index in [1.54, 1.807) is 27.5 Å². The highest BCUT2D eigenvalue weighted by atomic mass is 35.5. The van der Waals surface area contributed by atoms with Gasteiger partial charge in [-0.15, -0.1) is 11.8 Å². The fourth-order valence-corrected chi connectivity index (χ4v) is 6.68. The van der Waals surface area contributed by atoms with Gasteiger partial charge in [-0.25, -0.2) is 0 Å². The topological polar surface area (TPSA) is 64.0 Å². The molecule has 10 heteroatoms. The molecule has 0 saturated carbocycles. The largest absolute Gasteiger partial charge is 0.474 e. The van der Waals surface area contributed by atoms with E-state index in [4.69, 9.17) is 20.9 Å². The Morgan fingerprint density at radius 1 is 1.12 bits per heavy atom. The predicted octanol–water partition coefficient (Wildman–Crippen LogP) is 3.82. The first-order valence-electron chi connectivity index (χ1n) is 10.9. The molecule has 1 fully saturated rings. The number of nitrogens with zero attached hydrogens (tertiary/aromatic N) is 3. The van der Waals surface area contributed by atoms with Crippen molar-refractivity contribution in [3.05, 3.63) is 92.4 Å². The maximum atomic E-state index is 13.6. The van der Waals surface area contributed by atoms with Crippen molar-refractivity contribution in [1.29, 1.82) is 0 Å². The number of carbonyl (C=O) groups is 1. The SMILES string of the molecule is O=C1c2c(OP)c(=O)ccn2N([C@@H]2c3ccccc3SCc3cccc(Cl)c32)[C@@H]2COCCN12. The van der Waals surface area contributed by atoms with Crippen LogP contribution in [-0.2, 0) is 10.5 Å². The van der Waals surface area contributed by atoms with Gasteiger partial charge in [0.25, 0.3) is 5.91 Å². The quantitative estimate of drug-likeness (QED) is 0.486. The van der Waals surface area contributed by atoms with Crippen LogP contribution in [0, 0.1) is 0 Å². The van der Waals surface area contributed by atoms with Gasteiger partial charge in [-0.2, -0.15) is 0 Å². The molecule has 4 heterocycles. The zero-order chi connectivity index (χ0) is 23.4. The molecule has 1 unspecified atom stereocenters. The summed E-state index contributed by atoms with van der Waals surface area (Å²) in [7, 11) is 2.10. The van der Waals surface area contributed by atoms with Gasteiger partial charge in [0.05, 0.1) is 22.7 Å². The van der Waals surface area contributed by atoms with E-state index in [2.05, 4.69) is 32.7 Å². The summed E-state index contributed by atoms with van der Waals surface area (Å²) in [5.41, 5.74) is 3.04. The molecule has 3 aliphatic rings. The van der Waals surface area contributed by atoms with E-state index >= 15 is 0 Å². The van der Waals surface area contributed by atoms with E-state index in [1.807, 2.05) is 24.3 Å². The number of rotatable bonds is 2. The highest BCUT2D eigenvalue weighted by molar-refractivity contribution is 7.98. The van der Waals surface area contributed by atoms with Crippen molar-refractivity contribution in [2.45, 2.75) is 22.9 Å². The van der Waals surface area contributed by atoms with Gasteiger partial charge in [0.15, 0.2) is 5.69 Å². The van der Waals surface area contributed by atoms with Crippen molar-refractivity contribution in [2.75, 3.05) is 24.8 Å². The normalized spacial score (nSPS) is 21.2. The standard InChI is InChI=1S/C24H21ClN3O4PS/c25-16-6-3-4-14-13-34-18-7-2-1-5-15(18)21(20(14)16)28-19-12-31-11-10-26(19)24(30)22-23(32-33)17(29)8-9-27(22)28/h1-9,19,21H,10-13,33H2/t19-,21-/m1/s1. The first-order chi connectivity index (χ1) is 16.6. The van der Waals surface area contributed by atoms with E-state index in [1.165, 1.54) is 6.07 Å². The summed E-state index contributed by atoms with van der Waals surface area (Å²) in [5, 5.41) is 2.77. The van der Waals surface area contributed by atoms with Gasteiger partial charge < -0.3 is 14.2 Å². The van der Waals surface area contributed by atoms with E-state index in [-0.39, 0.29) is 35.0 Å². The molecule has 1 aromatic heterocycles. The van der Waals surface area contributed by atoms with Gasteiger partial charge in [0, 0.05) is 40.0 Å². The number of amides is 1. The number of ether oxygens (including phenoxy) is 1. The summed E-state index contributed by atoms with van der Waals surface area (Å²) in [6, 6.07) is 15.3. The van der Waals surface area contributed by atoms with Gasteiger partial charge in [0.2, 0.25) is 11.2 Å². The lowest BCUT2D eigenvalue weighted by Crippen LogP contribution is -2.66. The number of aromatic nitrogens is 1. The minimum absolute atomic E-state index is 0.00288. The molecule has 0 spiro atoms. The molecule has 0 N–H and O–H groups in total. The Kier molecular flexibility index (Phi) is 5.57. The molecule has 3 atom stereocenters. The predicted molar refractivity (Wildman–Crippen MR) is 134 cm³/mol.